The number of benzene rings is 2. The number of aromatic nitrogens is 4. The van der Waals surface area contributed by atoms with Crippen LogP contribution in [0.5, 0.6) is 0 Å². The van der Waals surface area contributed by atoms with Crippen molar-refractivity contribution in [3.05, 3.63) is 75.8 Å². The molecule has 6 heteroatoms. The Kier molecular flexibility index (Phi) is 4.66. The summed E-state index contributed by atoms with van der Waals surface area (Å²) in [4.78, 5) is 15.2. The first kappa shape index (κ1) is 19.0. The highest BCUT2D eigenvalue weighted by Gasteiger charge is 2.30. The Morgan fingerprint density at radius 3 is 2.47 bits per heavy atom. The van der Waals surface area contributed by atoms with E-state index >= 15 is 0 Å². The van der Waals surface area contributed by atoms with E-state index in [-0.39, 0.29) is 5.56 Å². The van der Waals surface area contributed by atoms with Crippen molar-refractivity contribution >= 4 is 16.7 Å². The van der Waals surface area contributed by atoms with Crippen LogP contribution < -0.4 is 5.56 Å². The molecule has 0 amide bonds. The first-order valence-corrected chi connectivity index (χ1v) is 10.7. The molecule has 0 radical (unpaired) electrons. The maximum absolute atomic E-state index is 12.7. The molecule has 1 aliphatic carbocycles. The Balaban J connectivity index is 1.51. The highest BCUT2D eigenvalue weighted by atomic mass is 16.1. The summed E-state index contributed by atoms with van der Waals surface area (Å²) in [6.45, 7) is 6.04. The fourth-order valence-corrected chi connectivity index (χ4v) is 4.17. The fraction of sp³-hybridized carbons (Fsp3) is 0.375. The summed E-state index contributed by atoms with van der Waals surface area (Å²) in [6.07, 6.45) is 2.44. The van der Waals surface area contributed by atoms with Gasteiger partial charge in [-0.1, -0.05) is 50.2 Å². The molecule has 0 atom stereocenters. The lowest BCUT2D eigenvalue weighted by Crippen LogP contribution is -2.27. The third-order valence-electron chi connectivity index (χ3n) is 6.13. The minimum Gasteiger partial charge on any atom is -0.289 e. The average molecular weight is 402 g/mol. The van der Waals surface area contributed by atoms with Gasteiger partial charge in [0.2, 0.25) is 5.78 Å². The van der Waals surface area contributed by atoms with Crippen LogP contribution in [0, 0.1) is 0 Å². The molecular formula is C24H27N5O. The number of aryl methyl sites for hydroxylation is 1. The molecule has 0 unspecified atom stereocenters. The predicted molar refractivity (Wildman–Crippen MR) is 119 cm³/mol. The van der Waals surface area contributed by atoms with Crippen LogP contribution in [0.1, 0.15) is 49.6 Å². The number of fused-ring (bicyclic) bond motifs is 3. The van der Waals surface area contributed by atoms with Gasteiger partial charge in [0.1, 0.15) is 0 Å². The molecule has 0 aliphatic heterocycles. The number of rotatable bonds is 6. The second-order valence-electron chi connectivity index (χ2n) is 8.67. The highest BCUT2D eigenvalue weighted by Crippen LogP contribution is 2.30. The molecule has 154 valence electrons. The van der Waals surface area contributed by atoms with Gasteiger partial charge in [-0.2, -0.15) is 0 Å². The number of hydrogen-bond donors (Lipinski definition) is 0. The number of hydrogen-bond acceptors (Lipinski definition) is 4. The lowest BCUT2D eigenvalue weighted by molar-refractivity contribution is 0.239. The summed E-state index contributed by atoms with van der Waals surface area (Å²) in [6, 6.07) is 17.2. The van der Waals surface area contributed by atoms with Crippen LogP contribution in [0.15, 0.2) is 53.3 Å². The van der Waals surface area contributed by atoms with E-state index in [2.05, 4.69) is 53.2 Å². The Bertz CT molecular complexity index is 1260. The summed E-state index contributed by atoms with van der Waals surface area (Å²) >= 11 is 0. The summed E-state index contributed by atoms with van der Waals surface area (Å²) in [5.74, 6) is 2.01. The molecule has 1 fully saturated rings. The third-order valence-corrected chi connectivity index (χ3v) is 6.13. The Morgan fingerprint density at radius 2 is 1.77 bits per heavy atom. The summed E-state index contributed by atoms with van der Waals surface area (Å²) in [7, 11) is 1.76. The average Bonchev–Trinajstić information content (AvgIpc) is 3.52. The van der Waals surface area contributed by atoms with Crippen molar-refractivity contribution in [1.82, 2.24) is 24.1 Å². The first-order valence-electron chi connectivity index (χ1n) is 10.7. The minimum absolute atomic E-state index is 0.0404. The van der Waals surface area contributed by atoms with Gasteiger partial charge in [-0.3, -0.25) is 18.7 Å². The lowest BCUT2D eigenvalue weighted by Gasteiger charge is -2.21. The molecule has 6 nitrogen and oxygen atoms in total. The zero-order chi connectivity index (χ0) is 20.8. The van der Waals surface area contributed by atoms with Gasteiger partial charge < -0.3 is 0 Å². The second-order valence-corrected chi connectivity index (χ2v) is 8.67. The Hall–Kier alpha value is -2.99. The van der Waals surface area contributed by atoms with Crippen molar-refractivity contribution < 1.29 is 0 Å². The maximum atomic E-state index is 12.7. The van der Waals surface area contributed by atoms with E-state index in [0.29, 0.717) is 29.7 Å². The van der Waals surface area contributed by atoms with Crippen molar-refractivity contribution in [3.63, 3.8) is 0 Å². The minimum atomic E-state index is -0.0404. The fourth-order valence-electron chi connectivity index (χ4n) is 4.17. The monoisotopic (exact) mass is 401 g/mol. The van der Waals surface area contributed by atoms with Crippen LogP contribution in [-0.4, -0.2) is 30.1 Å². The molecule has 2 aromatic carbocycles. The van der Waals surface area contributed by atoms with Gasteiger partial charge >= 0.3 is 0 Å². The van der Waals surface area contributed by atoms with E-state index in [4.69, 9.17) is 0 Å². The number of nitrogens with zero attached hydrogens (tertiary/aromatic N) is 5. The smallest absolute Gasteiger partial charge is 0.262 e. The zero-order valence-electron chi connectivity index (χ0n) is 17.7. The highest BCUT2D eigenvalue weighted by molar-refractivity contribution is 5.80. The van der Waals surface area contributed by atoms with Crippen molar-refractivity contribution in [2.75, 3.05) is 0 Å². The molecule has 0 bridgehead atoms. The zero-order valence-corrected chi connectivity index (χ0v) is 17.7. The molecule has 30 heavy (non-hydrogen) atoms. The standard InChI is InChI=1S/C24H27N5O/c1-16(2)18-10-8-17(9-11-18)14-28(19-12-13-19)15-22-25-26-24-27(3)23(30)20-6-4-5-7-21(20)29(22)24/h4-11,16,19H,12-15H2,1-3H3. The molecule has 5 rings (SSSR count). The van der Waals surface area contributed by atoms with Crippen molar-refractivity contribution in [2.45, 2.75) is 51.7 Å². The van der Waals surface area contributed by atoms with Gasteiger partial charge in [0.25, 0.3) is 5.56 Å². The summed E-state index contributed by atoms with van der Waals surface area (Å²) < 4.78 is 3.62. The van der Waals surface area contributed by atoms with Gasteiger partial charge in [0.05, 0.1) is 17.4 Å². The van der Waals surface area contributed by atoms with Gasteiger partial charge in [-0.05, 0) is 42.0 Å². The Morgan fingerprint density at radius 1 is 1.03 bits per heavy atom. The van der Waals surface area contributed by atoms with Crippen LogP contribution in [0.3, 0.4) is 0 Å². The molecule has 2 heterocycles. The predicted octanol–water partition coefficient (Wildman–Crippen LogP) is 3.87. The second kappa shape index (κ2) is 7.36. The lowest BCUT2D eigenvalue weighted by atomic mass is 10.0. The molecule has 0 N–H and O–H groups in total. The van der Waals surface area contributed by atoms with Crippen LogP contribution in [0.2, 0.25) is 0 Å². The molecule has 4 aromatic rings. The van der Waals surface area contributed by atoms with Crippen molar-refractivity contribution in [3.8, 4) is 0 Å². The Labute approximate surface area is 175 Å². The van der Waals surface area contributed by atoms with Crippen LogP contribution >= 0.6 is 0 Å². The van der Waals surface area contributed by atoms with Gasteiger partial charge in [0, 0.05) is 19.6 Å². The molecule has 1 aliphatic rings. The SMILES string of the molecule is CC(C)c1ccc(CN(Cc2nnc3n(C)c(=O)c4ccccc4n23)C2CC2)cc1. The van der Waals surface area contributed by atoms with E-state index in [1.807, 2.05) is 28.7 Å². The molecule has 0 saturated heterocycles. The molecular weight excluding hydrogens is 374 g/mol. The van der Waals surface area contributed by atoms with Crippen molar-refractivity contribution in [2.24, 2.45) is 7.05 Å². The number of para-hydroxylation sites is 1. The third kappa shape index (κ3) is 3.31. The van der Waals surface area contributed by atoms with Crippen LogP contribution in [-0.2, 0) is 20.1 Å². The van der Waals surface area contributed by atoms with Gasteiger partial charge in [-0.25, -0.2) is 0 Å². The van der Waals surface area contributed by atoms with Crippen LogP contribution in [0.4, 0.5) is 0 Å². The molecule has 2 aromatic heterocycles. The van der Waals surface area contributed by atoms with Gasteiger partial charge in [-0.15, -0.1) is 10.2 Å². The van der Waals surface area contributed by atoms with E-state index in [9.17, 15) is 4.79 Å². The van der Waals surface area contributed by atoms with Crippen LogP contribution in [0.25, 0.3) is 16.7 Å². The first-order chi connectivity index (χ1) is 14.5. The van der Waals surface area contributed by atoms with Crippen molar-refractivity contribution in [1.29, 1.82) is 0 Å². The van der Waals surface area contributed by atoms with E-state index in [1.54, 1.807) is 11.6 Å². The topological polar surface area (TPSA) is 55.4 Å². The molecule has 1 saturated carbocycles. The van der Waals surface area contributed by atoms with E-state index in [1.165, 1.54) is 24.0 Å². The largest absolute Gasteiger partial charge is 0.289 e. The van der Waals surface area contributed by atoms with E-state index in [0.717, 1.165) is 17.9 Å². The maximum Gasteiger partial charge on any atom is 0.262 e. The van der Waals surface area contributed by atoms with E-state index < -0.39 is 0 Å². The normalized spacial score (nSPS) is 14.4. The quantitative estimate of drug-likeness (QED) is 0.492. The molecule has 0 spiro atoms. The summed E-state index contributed by atoms with van der Waals surface area (Å²) in [5.41, 5.74) is 3.51. The van der Waals surface area contributed by atoms with Gasteiger partial charge in [0.15, 0.2) is 5.82 Å². The summed E-state index contributed by atoms with van der Waals surface area (Å²) in [5, 5.41) is 9.53.